The highest BCUT2D eigenvalue weighted by atomic mass is 127. The quantitative estimate of drug-likeness (QED) is 0.413. The third-order valence-corrected chi connectivity index (χ3v) is 4.40. The molecule has 2 aromatic heterocycles. The summed E-state index contributed by atoms with van der Waals surface area (Å²) < 4.78 is 6.12. The molecule has 0 atom stereocenters. The Morgan fingerprint density at radius 2 is 2.09 bits per heavy atom. The number of Topliss-reactive ketones (excluding diaryl/α,β-unsaturated/α-hetero) is 2. The number of nitrogens with zero attached hydrogens (tertiary/aromatic N) is 1. The third kappa shape index (κ3) is 3.92. The first-order valence-corrected chi connectivity index (χ1v) is 8.51. The zero-order valence-electron chi connectivity index (χ0n) is 13.0. The van der Waals surface area contributed by atoms with Crippen LogP contribution in [0.25, 0.3) is 0 Å². The van der Waals surface area contributed by atoms with Crippen molar-refractivity contribution in [1.82, 2.24) is 9.97 Å². The second-order valence-electron chi connectivity index (χ2n) is 5.02. The van der Waals surface area contributed by atoms with Crippen molar-refractivity contribution in [2.75, 3.05) is 6.61 Å². The molecule has 0 aliphatic heterocycles. The number of ketones is 2. The number of aryl methyl sites for hydroxylation is 1. The maximum absolute atomic E-state index is 12.4. The van der Waals surface area contributed by atoms with Gasteiger partial charge in [-0.1, -0.05) is 18.5 Å². The number of rotatable bonds is 6. The van der Waals surface area contributed by atoms with Crippen LogP contribution in [0.2, 0.25) is 5.15 Å². The van der Waals surface area contributed by atoms with Crippen molar-refractivity contribution in [3.63, 3.8) is 0 Å². The van der Waals surface area contributed by atoms with E-state index in [1.807, 2.05) is 29.5 Å². The highest BCUT2D eigenvalue weighted by molar-refractivity contribution is 14.1. The van der Waals surface area contributed by atoms with E-state index in [0.29, 0.717) is 38.0 Å². The summed E-state index contributed by atoms with van der Waals surface area (Å²) in [4.78, 5) is 31.3. The summed E-state index contributed by atoms with van der Waals surface area (Å²) in [5.74, 6) is 0.242. The molecular weight excluding hydrogens is 431 g/mol. The van der Waals surface area contributed by atoms with E-state index in [2.05, 4.69) is 9.97 Å². The van der Waals surface area contributed by atoms with Crippen LogP contribution in [0.4, 0.5) is 0 Å². The van der Waals surface area contributed by atoms with Gasteiger partial charge in [-0.2, -0.15) is 0 Å². The Morgan fingerprint density at radius 1 is 1.39 bits per heavy atom. The van der Waals surface area contributed by atoms with Gasteiger partial charge < -0.3 is 9.72 Å². The number of hydrogen-bond donors (Lipinski definition) is 1. The third-order valence-electron chi connectivity index (χ3n) is 3.41. The second-order valence-corrected chi connectivity index (χ2v) is 6.43. The molecule has 0 aliphatic rings. The van der Waals surface area contributed by atoms with Crippen LogP contribution in [0.3, 0.4) is 0 Å². The molecule has 0 unspecified atom stereocenters. The van der Waals surface area contributed by atoms with Crippen molar-refractivity contribution in [3.8, 4) is 5.75 Å². The Hall–Kier alpha value is -1.41. The van der Waals surface area contributed by atoms with Gasteiger partial charge in [0.2, 0.25) is 5.78 Å². The average Bonchev–Trinajstić information content (AvgIpc) is 2.82. The monoisotopic (exact) mass is 446 g/mol. The Bertz CT molecular complexity index is 771. The van der Waals surface area contributed by atoms with Crippen LogP contribution in [0, 0.1) is 10.6 Å². The molecular formula is C16H16ClIN2O3. The lowest BCUT2D eigenvalue weighted by Gasteiger charge is -2.07. The molecule has 2 rings (SSSR count). The number of nitrogens with one attached hydrogen (secondary N) is 1. The van der Waals surface area contributed by atoms with E-state index in [4.69, 9.17) is 16.3 Å². The van der Waals surface area contributed by atoms with Crippen LogP contribution in [-0.2, 0) is 6.42 Å². The summed E-state index contributed by atoms with van der Waals surface area (Å²) in [7, 11) is 0. The molecule has 2 aromatic rings. The Balaban J connectivity index is 2.21. The Kier molecular flexibility index (Phi) is 5.80. The van der Waals surface area contributed by atoms with Crippen molar-refractivity contribution < 1.29 is 14.3 Å². The van der Waals surface area contributed by atoms with Crippen molar-refractivity contribution in [2.45, 2.75) is 27.2 Å². The lowest BCUT2D eigenvalue weighted by molar-refractivity contribution is 0.0915. The molecule has 0 saturated carbocycles. The fourth-order valence-corrected chi connectivity index (χ4v) is 3.35. The minimum atomic E-state index is -0.205. The van der Waals surface area contributed by atoms with Crippen LogP contribution in [0.1, 0.15) is 46.0 Å². The van der Waals surface area contributed by atoms with Gasteiger partial charge in [0.25, 0.3) is 0 Å². The summed E-state index contributed by atoms with van der Waals surface area (Å²) in [6.45, 7) is 5.07. The molecule has 5 nitrogen and oxygen atoms in total. The van der Waals surface area contributed by atoms with Crippen LogP contribution >= 0.6 is 34.2 Å². The van der Waals surface area contributed by atoms with E-state index in [9.17, 15) is 9.59 Å². The van der Waals surface area contributed by atoms with Crippen molar-refractivity contribution in [1.29, 1.82) is 0 Å². The van der Waals surface area contributed by atoms with E-state index >= 15 is 0 Å². The van der Waals surface area contributed by atoms with E-state index in [0.717, 1.165) is 5.56 Å². The Morgan fingerprint density at radius 3 is 2.65 bits per heavy atom. The maximum atomic E-state index is 12.4. The lowest BCUT2D eigenvalue weighted by Crippen LogP contribution is -2.15. The molecule has 0 saturated heterocycles. The number of carbonyl (C=O) groups excluding carboxylic acids is 2. The summed E-state index contributed by atoms with van der Waals surface area (Å²) >= 11 is 7.78. The molecule has 1 N–H and O–H groups in total. The predicted molar refractivity (Wildman–Crippen MR) is 96.7 cm³/mol. The molecule has 122 valence electrons. The van der Waals surface area contributed by atoms with Crippen molar-refractivity contribution in [2.24, 2.45) is 0 Å². The van der Waals surface area contributed by atoms with Crippen molar-refractivity contribution in [3.05, 3.63) is 43.5 Å². The molecule has 0 fully saturated rings. The first kappa shape index (κ1) is 17.9. The van der Waals surface area contributed by atoms with Gasteiger partial charge in [0.15, 0.2) is 18.1 Å². The number of halogens is 2. The highest BCUT2D eigenvalue weighted by Crippen LogP contribution is 2.23. The Labute approximate surface area is 152 Å². The SMILES string of the molecule is CCc1c(C(=O)COc2ccc(Cl)nc2I)[nH]c(C)c1C(C)=O. The molecule has 0 radical (unpaired) electrons. The van der Waals surface area contributed by atoms with E-state index in [1.54, 1.807) is 19.1 Å². The number of aromatic nitrogens is 2. The first-order valence-electron chi connectivity index (χ1n) is 7.05. The van der Waals surface area contributed by atoms with E-state index in [1.165, 1.54) is 6.92 Å². The topological polar surface area (TPSA) is 72.0 Å². The minimum Gasteiger partial charge on any atom is -0.483 e. The molecule has 0 spiro atoms. The van der Waals surface area contributed by atoms with Gasteiger partial charge >= 0.3 is 0 Å². The number of hydrogen-bond acceptors (Lipinski definition) is 4. The van der Waals surface area contributed by atoms with Crippen LogP contribution in [0.5, 0.6) is 5.75 Å². The average molecular weight is 447 g/mol. The summed E-state index contributed by atoms with van der Waals surface area (Å²) in [5.41, 5.74) is 2.48. The summed E-state index contributed by atoms with van der Waals surface area (Å²) in [6, 6.07) is 3.28. The predicted octanol–water partition coefficient (Wildman–Crippen LogP) is 4.00. The van der Waals surface area contributed by atoms with E-state index in [-0.39, 0.29) is 18.2 Å². The number of carbonyl (C=O) groups is 2. The van der Waals surface area contributed by atoms with E-state index < -0.39 is 0 Å². The van der Waals surface area contributed by atoms with Crippen molar-refractivity contribution >= 4 is 45.8 Å². The molecule has 0 bridgehead atoms. The minimum absolute atomic E-state index is 0.0491. The highest BCUT2D eigenvalue weighted by Gasteiger charge is 2.22. The van der Waals surface area contributed by atoms with Gasteiger partial charge in [0.05, 0.1) is 5.69 Å². The van der Waals surface area contributed by atoms with Crippen LogP contribution in [0.15, 0.2) is 12.1 Å². The number of pyridine rings is 1. The van der Waals surface area contributed by atoms with Gasteiger partial charge in [0, 0.05) is 11.3 Å². The summed E-state index contributed by atoms with van der Waals surface area (Å²) in [6.07, 6.45) is 0.598. The lowest BCUT2D eigenvalue weighted by atomic mass is 10.0. The van der Waals surface area contributed by atoms with Gasteiger partial charge in [-0.15, -0.1) is 0 Å². The van der Waals surface area contributed by atoms with Gasteiger partial charge in [-0.05, 0) is 60.6 Å². The summed E-state index contributed by atoms with van der Waals surface area (Å²) in [5, 5.41) is 0.368. The fourth-order valence-electron chi connectivity index (χ4n) is 2.47. The number of ether oxygens (including phenoxy) is 1. The molecule has 0 amide bonds. The first-order chi connectivity index (χ1) is 10.8. The van der Waals surface area contributed by atoms with Gasteiger partial charge in [-0.25, -0.2) is 4.98 Å². The zero-order valence-corrected chi connectivity index (χ0v) is 15.9. The smallest absolute Gasteiger partial charge is 0.216 e. The molecule has 0 aliphatic carbocycles. The van der Waals surface area contributed by atoms with Gasteiger partial charge in [-0.3, -0.25) is 9.59 Å². The van der Waals surface area contributed by atoms with Crippen LogP contribution < -0.4 is 4.74 Å². The molecule has 0 aromatic carbocycles. The second kappa shape index (κ2) is 7.44. The molecule has 23 heavy (non-hydrogen) atoms. The normalized spacial score (nSPS) is 10.7. The maximum Gasteiger partial charge on any atom is 0.216 e. The molecule has 7 heteroatoms. The number of aromatic amines is 1. The van der Waals surface area contributed by atoms with Crippen LogP contribution in [-0.4, -0.2) is 28.1 Å². The zero-order chi connectivity index (χ0) is 17.1. The standard InChI is InChI=1S/C16H16ClIN2O3/c1-4-10-14(9(3)21)8(2)19-15(10)11(22)7-23-12-5-6-13(17)20-16(12)18/h5-6,19H,4,7H2,1-3H3. The molecule has 2 heterocycles. The largest absolute Gasteiger partial charge is 0.483 e. The fraction of sp³-hybridized carbons (Fsp3) is 0.312. The van der Waals surface area contributed by atoms with Gasteiger partial charge in [0.1, 0.15) is 8.85 Å². The number of H-pyrrole nitrogens is 1.